The molecule has 0 amide bonds. The van der Waals surface area contributed by atoms with Crippen molar-refractivity contribution in [3.8, 4) is 23.0 Å². The van der Waals surface area contributed by atoms with Crippen molar-refractivity contribution in [2.24, 2.45) is 0 Å². The summed E-state index contributed by atoms with van der Waals surface area (Å²) in [5.74, 6) is 1.44. The molecule has 0 aliphatic carbocycles. The highest BCUT2D eigenvalue weighted by atomic mass is 35.5. The van der Waals surface area contributed by atoms with Gasteiger partial charge >= 0.3 is 0 Å². The Morgan fingerprint density at radius 3 is 2.08 bits per heavy atom. The molecule has 0 saturated heterocycles. The molecule has 2 aromatic carbocycles. The second-order valence-corrected chi connectivity index (χ2v) is 7.28. The lowest BCUT2D eigenvalue weighted by Gasteiger charge is -2.16. The van der Waals surface area contributed by atoms with E-state index in [-0.39, 0.29) is 22.2 Å². The molecule has 0 unspecified atom stereocenters. The Labute approximate surface area is 157 Å². The summed E-state index contributed by atoms with van der Waals surface area (Å²) in [6, 6.07) is 7.74. The number of ether oxygens (including phenoxy) is 4. The first-order chi connectivity index (χ1) is 12.4. The van der Waals surface area contributed by atoms with Gasteiger partial charge in [0.05, 0.1) is 28.4 Å². The average Bonchev–Trinajstić information content (AvgIpc) is 2.65. The summed E-state index contributed by atoms with van der Waals surface area (Å²) in [4.78, 5) is -0.0491. The number of hydrogen-bond donors (Lipinski definition) is 1. The van der Waals surface area contributed by atoms with Crippen molar-refractivity contribution in [1.82, 2.24) is 4.72 Å². The third kappa shape index (κ3) is 4.14. The van der Waals surface area contributed by atoms with Crippen molar-refractivity contribution < 1.29 is 27.4 Å². The van der Waals surface area contributed by atoms with E-state index in [2.05, 4.69) is 4.72 Å². The maximum Gasteiger partial charge on any atom is 0.244 e. The van der Waals surface area contributed by atoms with Gasteiger partial charge in [-0.1, -0.05) is 17.7 Å². The van der Waals surface area contributed by atoms with E-state index < -0.39 is 10.0 Å². The Bertz CT molecular complexity index is 885. The van der Waals surface area contributed by atoms with E-state index in [4.69, 9.17) is 30.5 Å². The number of methoxy groups -OCH3 is 4. The molecule has 142 valence electrons. The number of benzene rings is 2. The van der Waals surface area contributed by atoms with Gasteiger partial charge in [-0.3, -0.25) is 0 Å². The van der Waals surface area contributed by atoms with Crippen LogP contribution in [0.15, 0.2) is 35.2 Å². The van der Waals surface area contributed by atoms with Crippen molar-refractivity contribution in [2.75, 3.05) is 28.4 Å². The predicted octanol–water partition coefficient (Wildman–Crippen LogP) is 2.85. The van der Waals surface area contributed by atoms with Gasteiger partial charge in [0.1, 0.15) is 10.6 Å². The zero-order valence-corrected chi connectivity index (χ0v) is 16.4. The lowest BCUT2D eigenvalue weighted by molar-refractivity contribution is 0.322. The first-order valence-electron chi connectivity index (χ1n) is 7.49. The minimum Gasteiger partial charge on any atom is -0.495 e. The Balaban J connectivity index is 2.35. The quantitative estimate of drug-likeness (QED) is 0.732. The van der Waals surface area contributed by atoms with Crippen LogP contribution in [0.1, 0.15) is 5.56 Å². The normalized spacial score (nSPS) is 11.1. The predicted molar refractivity (Wildman–Crippen MR) is 98.1 cm³/mol. The minimum absolute atomic E-state index is 0.0263. The molecule has 2 aromatic rings. The van der Waals surface area contributed by atoms with Crippen LogP contribution in [0.5, 0.6) is 23.0 Å². The number of rotatable bonds is 8. The van der Waals surface area contributed by atoms with Crippen molar-refractivity contribution in [1.29, 1.82) is 0 Å². The van der Waals surface area contributed by atoms with Crippen molar-refractivity contribution in [2.45, 2.75) is 11.4 Å². The molecule has 0 atom stereocenters. The van der Waals surface area contributed by atoms with E-state index in [1.54, 1.807) is 18.2 Å². The van der Waals surface area contributed by atoms with Gasteiger partial charge in [0.2, 0.25) is 15.8 Å². The minimum atomic E-state index is -3.87. The summed E-state index contributed by atoms with van der Waals surface area (Å²) in [6.45, 7) is -0.0263. The van der Waals surface area contributed by atoms with E-state index in [1.165, 1.54) is 40.6 Å². The lowest BCUT2D eigenvalue weighted by Crippen LogP contribution is -2.24. The van der Waals surface area contributed by atoms with Gasteiger partial charge in [0, 0.05) is 17.1 Å². The van der Waals surface area contributed by atoms with Crippen LogP contribution in [0.2, 0.25) is 5.02 Å². The Kier molecular flexibility index (Phi) is 6.57. The van der Waals surface area contributed by atoms with Crippen LogP contribution in [0, 0.1) is 0 Å². The second kappa shape index (κ2) is 8.48. The molecule has 0 saturated carbocycles. The van der Waals surface area contributed by atoms with E-state index in [0.717, 1.165) is 0 Å². The first kappa shape index (κ1) is 20.2. The monoisotopic (exact) mass is 401 g/mol. The zero-order valence-electron chi connectivity index (χ0n) is 14.8. The maximum absolute atomic E-state index is 12.7. The van der Waals surface area contributed by atoms with Gasteiger partial charge < -0.3 is 18.9 Å². The van der Waals surface area contributed by atoms with E-state index in [9.17, 15) is 8.42 Å². The smallest absolute Gasteiger partial charge is 0.244 e. The fourth-order valence-corrected chi connectivity index (χ4v) is 3.85. The molecule has 0 heterocycles. The molecule has 0 radical (unpaired) electrons. The SMILES string of the molecule is COc1ccc(Cl)cc1S(=O)(=O)NCc1ccc(OC)c(OC)c1OC. The van der Waals surface area contributed by atoms with Crippen LogP contribution in [0.3, 0.4) is 0 Å². The van der Waals surface area contributed by atoms with E-state index in [1.807, 2.05) is 0 Å². The van der Waals surface area contributed by atoms with Gasteiger partial charge in [-0.25, -0.2) is 13.1 Å². The van der Waals surface area contributed by atoms with Crippen LogP contribution < -0.4 is 23.7 Å². The third-order valence-electron chi connectivity index (χ3n) is 3.65. The number of sulfonamides is 1. The summed E-state index contributed by atoms with van der Waals surface area (Å²) < 4.78 is 48.8. The zero-order chi connectivity index (χ0) is 19.3. The highest BCUT2D eigenvalue weighted by Crippen LogP contribution is 2.39. The highest BCUT2D eigenvalue weighted by Gasteiger charge is 2.22. The molecule has 0 aliphatic heterocycles. The van der Waals surface area contributed by atoms with Crippen molar-refractivity contribution in [3.05, 3.63) is 40.9 Å². The first-order valence-corrected chi connectivity index (χ1v) is 9.35. The summed E-state index contributed by atoms with van der Waals surface area (Å²) >= 11 is 5.92. The average molecular weight is 402 g/mol. The Morgan fingerprint density at radius 1 is 0.885 bits per heavy atom. The van der Waals surface area contributed by atoms with E-state index >= 15 is 0 Å². The highest BCUT2D eigenvalue weighted by molar-refractivity contribution is 7.89. The third-order valence-corrected chi connectivity index (χ3v) is 5.31. The topological polar surface area (TPSA) is 83.1 Å². The number of halogens is 1. The molecule has 0 aliphatic rings. The van der Waals surface area contributed by atoms with Crippen LogP contribution in [0.4, 0.5) is 0 Å². The molecule has 9 heteroatoms. The second-order valence-electron chi connectivity index (χ2n) is 5.11. The van der Waals surface area contributed by atoms with Crippen LogP contribution >= 0.6 is 11.6 Å². The van der Waals surface area contributed by atoms with Gasteiger partial charge in [0.15, 0.2) is 11.5 Å². The summed E-state index contributed by atoms with van der Waals surface area (Å²) in [5.41, 5.74) is 0.578. The molecule has 7 nitrogen and oxygen atoms in total. The molecular weight excluding hydrogens is 382 g/mol. The summed E-state index contributed by atoms with van der Waals surface area (Å²) in [6.07, 6.45) is 0. The summed E-state index contributed by atoms with van der Waals surface area (Å²) in [7, 11) is 1.97. The van der Waals surface area contributed by atoms with Gasteiger partial charge in [-0.2, -0.15) is 0 Å². The van der Waals surface area contributed by atoms with Crippen LogP contribution in [-0.4, -0.2) is 36.9 Å². The fraction of sp³-hybridized carbons (Fsp3) is 0.294. The molecule has 0 bridgehead atoms. The molecular formula is C17H20ClNO6S. The van der Waals surface area contributed by atoms with Crippen LogP contribution in [0.25, 0.3) is 0 Å². The summed E-state index contributed by atoms with van der Waals surface area (Å²) in [5, 5.41) is 0.287. The Morgan fingerprint density at radius 2 is 1.50 bits per heavy atom. The van der Waals surface area contributed by atoms with Crippen molar-refractivity contribution >= 4 is 21.6 Å². The molecule has 1 N–H and O–H groups in total. The van der Waals surface area contributed by atoms with Gasteiger partial charge in [0.25, 0.3) is 0 Å². The molecule has 0 aromatic heterocycles. The Hall–Kier alpha value is -2.16. The molecule has 2 rings (SSSR count). The standard InChI is InChI=1S/C17H20ClNO6S/c1-22-13-8-6-12(18)9-15(13)26(20,21)19-10-11-5-7-14(23-2)17(25-4)16(11)24-3/h5-9,19H,10H2,1-4H3. The van der Waals surface area contributed by atoms with Crippen molar-refractivity contribution in [3.63, 3.8) is 0 Å². The fourth-order valence-electron chi connectivity index (χ4n) is 2.41. The lowest BCUT2D eigenvalue weighted by atomic mass is 10.1. The largest absolute Gasteiger partial charge is 0.495 e. The van der Waals surface area contributed by atoms with E-state index in [0.29, 0.717) is 22.8 Å². The molecule has 0 fully saturated rings. The maximum atomic E-state index is 12.7. The van der Waals surface area contributed by atoms with Crippen LogP contribution in [-0.2, 0) is 16.6 Å². The number of hydrogen-bond acceptors (Lipinski definition) is 6. The van der Waals surface area contributed by atoms with Gasteiger partial charge in [-0.05, 0) is 24.3 Å². The number of nitrogens with one attached hydrogen (secondary N) is 1. The molecule has 26 heavy (non-hydrogen) atoms. The van der Waals surface area contributed by atoms with Gasteiger partial charge in [-0.15, -0.1) is 0 Å². The molecule has 0 spiro atoms.